The third-order valence-electron chi connectivity index (χ3n) is 2.41. The van der Waals surface area contributed by atoms with E-state index in [9.17, 15) is 4.79 Å². The molecule has 2 rings (SSSR count). The average molecular weight is 262 g/mol. The van der Waals surface area contributed by atoms with Gasteiger partial charge in [0.15, 0.2) is 5.16 Å². The van der Waals surface area contributed by atoms with Crippen LogP contribution < -0.4 is 5.56 Å². The zero-order chi connectivity index (χ0) is 12.8. The minimum absolute atomic E-state index is 0.0950. The van der Waals surface area contributed by atoms with Crippen LogP contribution in [0.1, 0.15) is 5.56 Å². The van der Waals surface area contributed by atoms with Crippen molar-refractivity contribution in [1.82, 2.24) is 9.55 Å². The van der Waals surface area contributed by atoms with Gasteiger partial charge in [0.1, 0.15) is 6.73 Å². The van der Waals surface area contributed by atoms with Gasteiger partial charge in [-0.2, -0.15) is 0 Å². The van der Waals surface area contributed by atoms with Gasteiger partial charge in [-0.15, -0.1) is 0 Å². The number of hydrogen-bond acceptors (Lipinski definition) is 4. The largest absolute Gasteiger partial charge is 0.356 e. The highest BCUT2D eigenvalue weighted by atomic mass is 32.2. The first kappa shape index (κ1) is 12.9. The molecule has 0 amide bonds. The predicted octanol–water partition coefficient (Wildman–Crippen LogP) is 2.14. The Labute approximate surface area is 110 Å². The molecular weight excluding hydrogens is 248 g/mol. The summed E-state index contributed by atoms with van der Waals surface area (Å²) in [6, 6.07) is 11.3. The van der Waals surface area contributed by atoms with Crippen LogP contribution in [0.2, 0.25) is 0 Å². The number of thioether (sulfide) groups is 1. The summed E-state index contributed by atoms with van der Waals surface area (Å²) < 4.78 is 7.06. The van der Waals surface area contributed by atoms with Crippen LogP contribution >= 0.6 is 11.8 Å². The van der Waals surface area contributed by atoms with Crippen molar-refractivity contribution in [3.8, 4) is 0 Å². The Kier molecular flexibility index (Phi) is 4.55. The van der Waals surface area contributed by atoms with E-state index in [-0.39, 0.29) is 12.3 Å². The van der Waals surface area contributed by atoms with Crippen molar-refractivity contribution >= 4 is 11.8 Å². The molecule has 0 aliphatic carbocycles. The number of benzene rings is 1. The lowest BCUT2D eigenvalue weighted by atomic mass is 10.2. The van der Waals surface area contributed by atoms with E-state index in [1.54, 1.807) is 0 Å². The van der Waals surface area contributed by atoms with E-state index in [1.165, 1.54) is 28.6 Å². The minimum Gasteiger partial charge on any atom is -0.356 e. The van der Waals surface area contributed by atoms with Crippen molar-refractivity contribution in [3.63, 3.8) is 0 Å². The van der Waals surface area contributed by atoms with Crippen molar-refractivity contribution in [2.75, 3.05) is 6.26 Å². The molecule has 5 heteroatoms. The molecule has 94 valence electrons. The summed E-state index contributed by atoms with van der Waals surface area (Å²) in [7, 11) is 0. The normalized spacial score (nSPS) is 10.5. The van der Waals surface area contributed by atoms with E-state index in [0.29, 0.717) is 11.8 Å². The Balaban J connectivity index is 2.01. The topological polar surface area (TPSA) is 44.1 Å². The zero-order valence-electron chi connectivity index (χ0n) is 10.1. The van der Waals surface area contributed by atoms with Crippen molar-refractivity contribution in [2.24, 2.45) is 0 Å². The molecule has 0 fully saturated rings. The van der Waals surface area contributed by atoms with Gasteiger partial charge in [-0.25, -0.2) is 4.98 Å². The van der Waals surface area contributed by atoms with Crippen molar-refractivity contribution in [2.45, 2.75) is 18.5 Å². The van der Waals surface area contributed by atoms with E-state index < -0.39 is 0 Å². The highest BCUT2D eigenvalue weighted by Crippen LogP contribution is 2.09. The smallest absolute Gasteiger partial charge is 0.256 e. The van der Waals surface area contributed by atoms with Gasteiger partial charge in [0.05, 0.1) is 6.61 Å². The molecule has 0 atom stereocenters. The van der Waals surface area contributed by atoms with Gasteiger partial charge < -0.3 is 4.74 Å². The van der Waals surface area contributed by atoms with Gasteiger partial charge in [0, 0.05) is 12.3 Å². The summed E-state index contributed by atoms with van der Waals surface area (Å²) in [5, 5.41) is 0.663. The zero-order valence-corrected chi connectivity index (χ0v) is 10.9. The summed E-state index contributed by atoms with van der Waals surface area (Å²) in [5.41, 5.74) is 0.988. The van der Waals surface area contributed by atoms with E-state index in [1.807, 2.05) is 36.6 Å². The number of rotatable bonds is 5. The number of hydrogen-bond donors (Lipinski definition) is 0. The highest BCUT2D eigenvalue weighted by Gasteiger charge is 2.03. The fourth-order valence-electron chi connectivity index (χ4n) is 1.53. The molecule has 0 aliphatic rings. The van der Waals surface area contributed by atoms with Gasteiger partial charge in [-0.05, 0) is 11.8 Å². The molecule has 0 spiro atoms. The lowest BCUT2D eigenvalue weighted by Gasteiger charge is -2.10. The van der Waals surface area contributed by atoms with Gasteiger partial charge in [-0.1, -0.05) is 42.1 Å². The summed E-state index contributed by atoms with van der Waals surface area (Å²) in [5.74, 6) is 0. The molecule has 1 aromatic carbocycles. The second kappa shape index (κ2) is 6.37. The van der Waals surface area contributed by atoms with Crippen molar-refractivity contribution in [3.05, 3.63) is 58.5 Å². The Morgan fingerprint density at radius 2 is 2.06 bits per heavy atom. The van der Waals surface area contributed by atoms with Crippen LogP contribution in [0.5, 0.6) is 0 Å². The Hall–Kier alpha value is -1.59. The quantitative estimate of drug-likeness (QED) is 0.611. The second-order valence-corrected chi connectivity index (χ2v) is 4.43. The Bertz CT molecular complexity index is 554. The van der Waals surface area contributed by atoms with Crippen LogP contribution in [-0.4, -0.2) is 15.8 Å². The van der Waals surface area contributed by atoms with E-state index in [0.717, 1.165) is 5.56 Å². The Morgan fingerprint density at radius 3 is 2.78 bits per heavy atom. The average Bonchev–Trinajstić information content (AvgIpc) is 2.41. The predicted molar refractivity (Wildman–Crippen MR) is 71.5 cm³/mol. The molecule has 1 heterocycles. The molecule has 0 saturated carbocycles. The van der Waals surface area contributed by atoms with Crippen LogP contribution in [0.25, 0.3) is 0 Å². The molecule has 18 heavy (non-hydrogen) atoms. The first-order valence-corrected chi connectivity index (χ1v) is 6.75. The minimum atomic E-state index is -0.0950. The number of ether oxygens (including phenoxy) is 1. The third-order valence-corrected chi connectivity index (χ3v) is 3.10. The molecule has 0 unspecified atom stereocenters. The van der Waals surface area contributed by atoms with Crippen LogP contribution in [0.15, 0.2) is 52.5 Å². The summed E-state index contributed by atoms with van der Waals surface area (Å²) >= 11 is 1.43. The molecule has 1 aromatic heterocycles. The number of nitrogens with zero attached hydrogens (tertiary/aromatic N) is 2. The van der Waals surface area contributed by atoms with Gasteiger partial charge >= 0.3 is 0 Å². The van der Waals surface area contributed by atoms with E-state index >= 15 is 0 Å². The molecular formula is C13H14N2O2S. The third kappa shape index (κ3) is 3.21. The summed E-state index contributed by atoms with van der Waals surface area (Å²) in [4.78, 5) is 15.8. The SMILES string of the molecule is CSc1nccc(=O)n1COCc1ccccc1. The highest BCUT2D eigenvalue weighted by molar-refractivity contribution is 7.98. The van der Waals surface area contributed by atoms with Gasteiger partial charge in [0.25, 0.3) is 5.56 Å². The molecule has 0 radical (unpaired) electrons. The van der Waals surface area contributed by atoms with Gasteiger partial charge in [0.2, 0.25) is 0 Å². The van der Waals surface area contributed by atoms with Crippen LogP contribution in [0.3, 0.4) is 0 Å². The summed E-state index contributed by atoms with van der Waals surface area (Å²) in [6.45, 7) is 0.702. The monoisotopic (exact) mass is 262 g/mol. The standard InChI is InChI=1S/C13H14N2O2S/c1-18-13-14-8-7-12(16)15(13)10-17-9-11-5-3-2-4-6-11/h2-8H,9-10H2,1H3. The molecule has 0 bridgehead atoms. The molecule has 4 nitrogen and oxygen atoms in total. The summed E-state index contributed by atoms with van der Waals surface area (Å²) in [6.07, 6.45) is 3.40. The molecule has 0 aliphatic heterocycles. The fourth-order valence-corrected chi connectivity index (χ4v) is 2.06. The maximum Gasteiger partial charge on any atom is 0.256 e. The van der Waals surface area contributed by atoms with Crippen LogP contribution in [-0.2, 0) is 18.1 Å². The van der Waals surface area contributed by atoms with E-state index in [2.05, 4.69) is 4.98 Å². The maximum atomic E-state index is 11.7. The lowest BCUT2D eigenvalue weighted by Crippen LogP contribution is -2.22. The fraction of sp³-hybridized carbons (Fsp3) is 0.231. The van der Waals surface area contributed by atoms with E-state index in [4.69, 9.17) is 4.74 Å². The maximum absolute atomic E-state index is 11.7. The molecule has 0 saturated heterocycles. The first-order chi connectivity index (χ1) is 8.81. The lowest BCUT2D eigenvalue weighted by molar-refractivity contribution is 0.0551. The Morgan fingerprint density at radius 1 is 1.28 bits per heavy atom. The second-order valence-electron chi connectivity index (χ2n) is 3.66. The van der Waals surface area contributed by atoms with Crippen molar-refractivity contribution in [1.29, 1.82) is 0 Å². The molecule has 2 aromatic rings. The van der Waals surface area contributed by atoms with Crippen LogP contribution in [0.4, 0.5) is 0 Å². The van der Waals surface area contributed by atoms with Gasteiger partial charge in [-0.3, -0.25) is 9.36 Å². The molecule has 0 N–H and O–H groups in total. The van der Waals surface area contributed by atoms with Crippen LogP contribution in [0, 0.1) is 0 Å². The van der Waals surface area contributed by atoms with Crippen molar-refractivity contribution < 1.29 is 4.74 Å². The first-order valence-electron chi connectivity index (χ1n) is 5.53. The number of aromatic nitrogens is 2.